The van der Waals surface area contributed by atoms with E-state index >= 15 is 0 Å². The number of nitrogens with zero attached hydrogens (tertiary/aromatic N) is 4. The Labute approximate surface area is 189 Å². The summed E-state index contributed by atoms with van der Waals surface area (Å²) in [7, 11) is 0. The average Bonchev–Trinajstić information content (AvgIpc) is 3.34. The molecule has 4 rings (SSSR count). The van der Waals surface area contributed by atoms with E-state index in [1.807, 2.05) is 0 Å². The van der Waals surface area contributed by atoms with E-state index in [1.54, 1.807) is 0 Å². The first kappa shape index (κ1) is 22.2. The van der Waals surface area contributed by atoms with Crippen LogP contribution in [0.2, 0.25) is 5.02 Å². The predicted octanol–water partition coefficient (Wildman–Crippen LogP) is 5.64. The van der Waals surface area contributed by atoms with Gasteiger partial charge in [-0.25, -0.2) is 9.37 Å². The summed E-state index contributed by atoms with van der Waals surface area (Å²) in [4.78, 5) is 19.0. The number of carboxylic acid groups (broad SMARTS) is 1. The monoisotopic (exact) mass is 532 g/mol. The summed E-state index contributed by atoms with van der Waals surface area (Å²) in [6.07, 6.45) is -2.71. The average molecular weight is 534 g/mol. The van der Waals surface area contributed by atoms with E-state index in [2.05, 4.69) is 31.1 Å². The topological polar surface area (TPSA) is 93.5 Å². The number of benzene rings is 1. The summed E-state index contributed by atoms with van der Waals surface area (Å²) < 4.78 is 59.9. The Kier molecular flexibility index (Phi) is 5.67. The van der Waals surface area contributed by atoms with Gasteiger partial charge in [-0.3, -0.25) is 4.79 Å². The fraction of sp³-hybridized carbons (Fsp3) is 0.158. The van der Waals surface area contributed by atoms with Gasteiger partial charge >= 0.3 is 12.1 Å². The van der Waals surface area contributed by atoms with E-state index in [0.29, 0.717) is 0 Å². The zero-order valence-electron chi connectivity index (χ0n) is 15.6. The van der Waals surface area contributed by atoms with Crippen LogP contribution in [0.15, 0.2) is 39.6 Å². The standard InChI is InChI=1S/C19H10BrClF4N4O3/c20-11-4-9(19(23,24)25)6-29-7-14(26-17(11)29)18-27-16(28-32-18)10-5-13(22)8(3-12(10)21)1-2-15(30)31/h3-7H,1-2H2,(H,30,31). The molecule has 0 aliphatic heterocycles. The van der Waals surface area contributed by atoms with Gasteiger partial charge in [0.2, 0.25) is 5.82 Å². The van der Waals surface area contributed by atoms with Crippen LogP contribution in [0.4, 0.5) is 17.6 Å². The first-order valence-electron chi connectivity index (χ1n) is 8.82. The number of imidazole rings is 1. The molecule has 7 nitrogen and oxygen atoms in total. The number of halogens is 6. The number of hydrogen-bond donors (Lipinski definition) is 1. The lowest BCUT2D eigenvalue weighted by Crippen LogP contribution is -2.06. The molecule has 1 aromatic carbocycles. The third-order valence-corrected chi connectivity index (χ3v) is 5.36. The van der Waals surface area contributed by atoms with E-state index in [9.17, 15) is 22.4 Å². The van der Waals surface area contributed by atoms with Crippen molar-refractivity contribution in [3.05, 3.63) is 57.0 Å². The van der Waals surface area contributed by atoms with Gasteiger partial charge in [0.05, 0.1) is 15.1 Å². The fourth-order valence-corrected chi connectivity index (χ4v) is 3.76. The van der Waals surface area contributed by atoms with Crippen molar-refractivity contribution >= 4 is 39.1 Å². The van der Waals surface area contributed by atoms with Gasteiger partial charge in [0.25, 0.3) is 5.89 Å². The zero-order chi connectivity index (χ0) is 23.2. The minimum absolute atomic E-state index is 0.0469. The van der Waals surface area contributed by atoms with Crippen LogP contribution in [-0.4, -0.2) is 30.6 Å². The van der Waals surface area contributed by atoms with E-state index in [4.69, 9.17) is 21.2 Å². The Bertz CT molecular complexity index is 1350. The number of carboxylic acids is 1. The number of aromatic nitrogens is 4. The van der Waals surface area contributed by atoms with E-state index in [1.165, 1.54) is 12.3 Å². The minimum Gasteiger partial charge on any atom is -0.481 e. The lowest BCUT2D eigenvalue weighted by molar-refractivity contribution is -0.138. The van der Waals surface area contributed by atoms with Crippen LogP contribution < -0.4 is 0 Å². The first-order valence-corrected chi connectivity index (χ1v) is 9.99. The number of alkyl halides is 3. The smallest absolute Gasteiger partial charge is 0.417 e. The van der Waals surface area contributed by atoms with Crippen molar-refractivity contribution in [2.75, 3.05) is 0 Å². The molecule has 3 heterocycles. The minimum atomic E-state index is -4.55. The summed E-state index contributed by atoms with van der Waals surface area (Å²) in [5.74, 6) is -1.95. The third kappa shape index (κ3) is 4.32. The molecule has 0 spiro atoms. The number of rotatable bonds is 5. The van der Waals surface area contributed by atoms with Crippen LogP contribution in [0.5, 0.6) is 0 Å². The van der Waals surface area contributed by atoms with Crippen LogP contribution in [0.1, 0.15) is 17.5 Å². The van der Waals surface area contributed by atoms with Crippen LogP contribution >= 0.6 is 27.5 Å². The first-order chi connectivity index (χ1) is 15.0. The number of fused-ring (bicyclic) bond motifs is 1. The number of aryl methyl sites for hydroxylation is 1. The fourth-order valence-electron chi connectivity index (χ4n) is 2.94. The van der Waals surface area contributed by atoms with Gasteiger partial charge in [0.15, 0.2) is 5.65 Å². The number of carbonyl (C=O) groups is 1. The molecule has 0 aliphatic carbocycles. The molecule has 0 atom stereocenters. The van der Waals surface area contributed by atoms with Gasteiger partial charge in [-0.05, 0) is 46.1 Å². The molecule has 0 radical (unpaired) electrons. The molecule has 0 saturated carbocycles. The van der Waals surface area contributed by atoms with E-state index in [-0.39, 0.29) is 56.5 Å². The van der Waals surface area contributed by atoms with Gasteiger partial charge in [-0.15, -0.1) is 0 Å². The molecule has 1 N–H and O–H groups in total. The van der Waals surface area contributed by atoms with Crippen LogP contribution in [-0.2, 0) is 17.4 Å². The molecule has 0 bridgehead atoms. The molecule has 166 valence electrons. The number of hydrogen-bond acceptors (Lipinski definition) is 5. The molecule has 0 amide bonds. The molecular weight excluding hydrogens is 524 g/mol. The zero-order valence-corrected chi connectivity index (χ0v) is 18.0. The Morgan fingerprint density at radius 3 is 2.66 bits per heavy atom. The Balaban J connectivity index is 1.68. The molecular formula is C19H10BrClF4N4O3. The Morgan fingerprint density at radius 2 is 1.97 bits per heavy atom. The maximum atomic E-state index is 14.4. The second-order valence-corrected chi connectivity index (χ2v) is 7.93. The van der Waals surface area contributed by atoms with Crippen LogP contribution in [0, 0.1) is 5.82 Å². The maximum Gasteiger partial charge on any atom is 0.417 e. The Morgan fingerprint density at radius 1 is 1.22 bits per heavy atom. The van der Waals surface area contributed by atoms with Gasteiger partial charge in [-0.2, -0.15) is 18.2 Å². The molecule has 0 fully saturated rings. The van der Waals surface area contributed by atoms with Crippen LogP contribution in [0.25, 0.3) is 28.6 Å². The molecule has 13 heteroatoms. The van der Waals surface area contributed by atoms with Crippen molar-refractivity contribution in [2.45, 2.75) is 19.0 Å². The summed E-state index contributed by atoms with van der Waals surface area (Å²) in [6, 6.07) is 3.25. The SMILES string of the molecule is O=C(O)CCc1cc(Cl)c(-c2noc(-c3cn4cc(C(F)(F)F)cc(Br)c4n3)n2)cc1F. The third-order valence-electron chi connectivity index (χ3n) is 4.46. The van der Waals surface area contributed by atoms with Crippen molar-refractivity contribution in [2.24, 2.45) is 0 Å². The highest BCUT2D eigenvalue weighted by molar-refractivity contribution is 9.10. The lowest BCUT2D eigenvalue weighted by Gasteiger charge is -2.07. The molecule has 0 saturated heterocycles. The number of aliphatic carboxylic acids is 1. The maximum absolute atomic E-state index is 14.4. The largest absolute Gasteiger partial charge is 0.481 e. The molecule has 0 aliphatic rings. The normalized spacial score (nSPS) is 11.9. The van der Waals surface area contributed by atoms with Crippen molar-refractivity contribution < 1.29 is 32.0 Å². The predicted molar refractivity (Wildman–Crippen MR) is 108 cm³/mol. The summed E-state index contributed by atoms with van der Waals surface area (Å²) >= 11 is 9.25. The van der Waals surface area contributed by atoms with Crippen LogP contribution in [0.3, 0.4) is 0 Å². The second kappa shape index (κ2) is 8.17. The highest BCUT2D eigenvalue weighted by Crippen LogP contribution is 2.34. The van der Waals surface area contributed by atoms with Crippen molar-refractivity contribution in [3.8, 4) is 23.0 Å². The molecule has 3 aromatic heterocycles. The van der Waals surface area contributed by atoms with Gasteiger partial charge in [0, 0.05) is 24.4 Å². The summed E-state index contributed by atoms with van der Waals surface area (Å²) in [5, 5.41) is 12.6. The molecule has 4 aromatic rings. The quantitative estimate of drug-likeness (QED) is 0.334. The Hall–Kier alpha value is -2.99. The van der Waals surface area contributed by atoms with Crippen molar-refractivity contribution in [3.63, 3.8) is 0 Å². The van der Waals surface area contributed by atoms with Gasteiger partial charge < -0.3 is 14.0 Å². The molecule has 32 heavy (non-hydrogen) atoms. The highest BCUT2D eigenvalue weighted by Gasteiger charge is 2.32. The summed E-state index contributed by atoms with van der Waals surface area (Å²) in [5.41, 5.74) is -0.367. The van der Waals surface area contributed by atoms with Crippen molar-refractivity contribution in [1.29, 1.82) is 0 Å². The van der Waals surface area contributed by atoms with Gasteiger partial charge in [-0.1, -0.05) is 16.8 Å². The van der Waals surface area contributed by atoms with Crippen molar-refractivity contribution in [1.82, 2.24) is 19.5 Å². The summed E-state index contributed by atoms with van der Waals surface area (Å²) in [6.45, 7) is 0. The van der Waals surface area contributed by atoms with E-state index < -0.39 is 23.5 Å². The number of pyridine rings is 1. The second-order valence-electron chi connectivity index (χ2n) is 6.67. The van der Waals surface area contributed by atoms with Gasteiger partial charge in [0.1, 0.15) is 11.5 Å². The molecule has 0 unspecified atom stereocenters. The highest BCUT2D eigenvalue weighted by atomic mass is 79.9. The van der Waals surface area contributed by atoms with E-state index in [0.717, 1.165) is 22.7 Å². The lowest BCUT2D eigenvalue weighted by atomic mass is 10.1.